The number of aromatic hydroxyl groups is 1. The molecule has 5 rings (SSSR count). The highest BCUT2D eigenvalue weighted by Crippen LogP contribution is 2.35. The SMILES string of the molecule is Cc1cc2c(C(=Nc3ccc(C(=O)NC4CCN(C)CC4)cc3)c3ccccc3)c(O)n(C)c2cc1C(=O)O. The van der Waals surface area contributed by atoms with E-state index in [0.717, 1.165) is 31.5 Å². The van der Waals surface area contributed by atoms with Crippen molar-refractivity contribution in [3.63, 3.8) is 0 Å². The van der Waals surface area contributed by atoms with E-state index in [9.17, 15) is 19.8 Å². The Morgan fingerprint density at radius 3 is 2.26 bits per heavy atom. The van der Waals surface area contributed by atoms with Crippen molar-refractivity contribution >= 4 is 34.2 Å². The van der Waals surface area contributed by atoms with Gasteiger partial charge in [-0.15, -0.1) is 0 Å². The minimum atomic E-state index is -1.02. The number of hydrogen-bond donors (Lipinski definition) is 3. The number of carbonyl (C=O) groups excluding carboxylic acids is 1. The second-order valence-electron chi connectivity index (χ2n) is 10.2. The van der Waals surface area contributed by atoms with Crippen LogP contribution in [0.4, 0.5) is 5.69 Å². The normalized spacial score (nSPS) is 15.0. The van der Waals surface area contributed by atoms with E-state index < -0.39 is 5.97 Å². The molecule has 2 heterocycles. The molecule has 3 N–H and O–H groups in total. The third kappa shape index (κ3) is 5.28. The highest BCUT2D eigenvalue weighted by atomic mass is 16.4. The van der Waals surface area contributed by atoms with Crippen LogP contribution in [0.25, 0.3) is 10.9 Å². The molecule has 0 spiro atoms. The zero-order valence-electron chi connectivity index (χ0n) is 22.3. The Kier molecular flexibility index (Phi) is 7.21. The molecule has 39 heavy (non-hydrogen) atoms. The van der Waals surface area contributed by atoms with Gasteiger partial charge in [-0.2, -0.15) is 0 Å². The lowest BCUT2D eigenvalue weighted by Gasteiger charge is -2.29. The van der Waals surface area contributed by atoms with Crippen LogP contribution in [0.2, 0.25) is 0 Å². The van der Waals surface area contributed by atoms with Crippen LogP contribution in [-0.4, -0.2) is 63.4 Å². The Morgan fingerprint density at radius 2 is 1.62 bits per heavy atom. The van der Waals surface area contributed by atoms with Gasteiger partial charge in [-0.1, -0.05) is 30.3 Å². The average molecular weight is 525 g/mol. The highest BCUT2D eigenvalue weighted by molar-refractivity contribution is 6.22. The smallest absolute Gasteiger partial charge is 0.336 e. The number of aromatic nitrogens is 1. The van der Waals surface area contributed by atoms with Crippen molar-refractivity contribution in [2.75, 3.05) is 20.1 Å². The molecule has 3 aromatic carbocycles. The number of aromatic carboxylic acids is 1. The molecule has 0 bridgehead atoms. The van der Waals surface area contributed by atoms with Gasteiger partial charge in [0.2, 0.25) is 5.88 Å². The van der Waals surface area contributed by atoms with E-state index in [1.54, 1.807) is 54.9 Å². The van der Waals surface area contributed by atoms with Crippen molar-refractivity contribution in [2.24, 2.45) is 12.0 Å². The lowest BCUT2D eigenvalue weighted by atomic mass is 9.98. The average Bonchev–Trinajstić information content (AvgIpc) is 3.17. The summed E-state index contributed by atoms with van der Waals surface area (Å²) in [5.74, 6) is -1.13. The number of carboxylic acid groups (broad SMARTS) is 1. The van der Waals surface area contributed by atoms with Crippen LogP contribution in [0.1, 0.15) is 50.2 Å². The number of piperidine rings is 1. The van der Waals surface area contributed by atoms with Crippen molar-refractivity contribution in [3.8, 4) is 5.88 Å². The fraction of sp³-hybridized carbons (Fsp3) is 0.258. The lowest BCUT2D eigenvalue weighted by molar-refractivity contribution is 0.0696. The standard InChI is InChI=1S/C31H32N4O4/c1-19-17-25-26(18-24(19)31(38)39)35(3)30(37)27(25)28(20-7-5-4-6-8-20)32-22-11-9-21(10-12-22)29(36)33-23-13-15-34(2)16-14-23/h4-12,17-18,23,37H,13-16H2,1-3H3,(H,33,36)(H,38,39). The van der Waals surface area contributed by atoms with E-state index in [2.05, 4.69) is 17.3 Å². The first-order chi connectivity index (χ1) is 18.7. The van der Waals surface area contributed by atoms with Gasteiger partial charge in [-0.3, -0.25) is 4.79 Å². The van der Waals surface area contributed by atoms with Gasteiger partial charge in [0, 0.05) is 29.6 Å². The zero-order chi connectivity index (χ0) is 27.7. The van der Waals surface area contributed by atoms with Gasteiger partial charge in [0.05, 0.1) is 28.0 Å². The maximum absolute atomic E-state index is 12.8. The van der Waals surface area contributed by atoms with Crippen molar-refractivity contribution in [1.29, 1.82) is 0 Å². The van der Waals surface area contributed by atoms with Gasteiger partial charge in [-0.05, 0) is 81.9 Å². The predicted molar refractivity (Wildman–Crippen MR) is 152 cm³/mol. The first-order valence-corrected chi connectivity index (χ1v) is 13.0. The largest absolute Gasteiger partial charge is 0.494 e. The number of benzene rings is 3. The number of rotatable bonds is 6. The molecule has 0 atom stereocenters. The van der Waals surface area contributed by atoms with Gasteiger partial charge < -0.3 is 25.0 Å². The third-order valence-electron chi connectivity index (χ3n) is 7.45. The molecule has 200 valence electrons. The highest BCUT2D eigenvalue weighted by Gasteiger charge is 2.23. The van der Waals surface area contributed by atoms with Gasteiger partial charge in [0.25, 0.3) is 5.91 Å². The molecule has 1 aliphatic heterocycles. The molecule has 1 aromatic heterocycles. The number of carboxylic acids is 1. The van der Waals surface area contributed by atoms with Crippen LogP contribution in [0.5, 0.6) is 5.88 Å². The van der Waals surface area contributed by atoms with E-state index in [-0.39, 0.29) is 23.4 Å². The molecule has 0 aliphatic carbocycles. The number of fused-ring (bicyclic) bond motifs is 1. The van der Waals surface area contributed by atoms with Crippen molar-refractivity contribution < 1.29 is 19.8 Å². The molecule has 1 fully saturated rings. The minimum absolute atomic E-state index is 0.0105. The molecule has 0 saturated carbocycles. The summed E-state index contributed by atoms with van der Waals surface area (Å²) >= 11 is 0. The summed E-state index contributed by atoms with van der Waals surface area (Å²) in [6.45, 7) is 3.68. The summed E-state index contributed by atoms with van der Waals surface area (Å²) in [7, 11) is 3.79. The Bertz CT molecular complexity index is 1560. The second-order valence-corrected chi connectivity index (χ2v) is 10.2. The molecular weight excluding hydrogens is 492 g/mol. The van der Waals surface area contributed by atoms with Crippen molar-refractivity contribution in [2.45, 2.75) is 25.8 Å². The number of hydrogen-bond acceptors (Lipinski definition) is 5. The maximum Gasteiger partial charge on any atom is 0.336 e. The maximum atomic E-state index is 12.8. The minimum Gasteiger partial charge on any atom is -0.494 e. The summed E-state index contributed by atoms with van der Waals surface area (Å²) in [4.78, 5) is 31.8. The Hall–Kier alpha value is -4.43. The molecule has 1 saturated heterocycles. The third-order valence-corrected chi connectivity index (χ3v) is 7.45. The molecule has 0 unspecified atom stereocenters. The van der Waals surface area contributed by atoms with Gasteiger partial charge in [0.15, 0.2) is 0 Å². The first kappa shape index (κ1) is 26.2. The topological polar surface area (TPSA) is 107 Å². The van der Waals surface area contributed by atoms with E-state index in [4.69, 9.17) is 4.99 Å². The van der Waals surface area contributed by atoms with Crippen molar-refractivity contribution in [1.82, 2.24) is 14.8 Å². The second kappa shape index (κ2) is 10.7. The fourth-order valence-corrected chi connectivity index (χ4v) is 5.14. The number of carbonyl (C=O) groups is 2. The van der Waals surface area contributed by atoms with Gasteiger partial charge in [-0.25, -0.2) is 9.79 Å². The Morgan fingerprint density at radius 1 is 0.949 bits per heavy atom. The number of likely N-dealkylation sites (tertiary alicyclic amines) is 1. The Labute approximate surface area is 227 Å². The molecule has 0 radical (unpaired) electrons. The summed E-state index contributed by atoms with van der Waals surface area (Å²) in [5.41, 5.74) is 4.42. The molecule has 4 aromatic rings. The van der Waals surface area contributed by atoms with Crippen LogP contribution < -0.4 is 5.32 Å². The number of aryl methyl sites for hydroxylation is 2. The Balaban J connectivity index is 1.53. The fourth-order valence-electron chi connectivity index (χ4n) is 5.14. The molecule has 1 aliphatic rings. The van der Waals surface area contributed by atoms with E-state index in [0.29, 0.717) is 39.0 Å². The summed E-state index contributed by atoms with van der Waals surface area (Å²) < 4.78 is 1.57. The number of nitrogens with one attached hydrogen (secondary N) is 1. The van der Waals surface area contributed by atoms with Crippen LogP contribution in [0.15, 0.2) is 71.7 Å². The number of aliphatic imine (C=N–C) groups is 1. The molecule has 8 heteroatoms. The first-order valence-electron chi connectivity index (χ1n) is 13.0. The van der Waals surface area contributed by atoms with Crippen LogP contribution in [0.3, 0.4) is 0 Å². The zero-order valence-corrected chi connectivity index (χ0v) is 22.3. The van der Waals surface area contributed by atoms with Gasteiger partial charge in [0.1, 0.15) is 0 Å². The van der Waals surface area contributed by atoms with Crippen LogP contribution >= 0.6 is 0 Å². The molecule has 8 nitrogen and oxygen atoms in total. The van der Waals surface area contributed by atoms with Crippen LogP contribution in [-0.2, 0) is 7.05 Å². The van der Waals surface area contributed by atoms with E-state index in [1.165, 1.54) is 0 Å². The number of nitrogens with zero attached hydrogens (tertiary/aromatic N) is 3. The molecule has 1 amide bonds. The van der Waals surface area contributed by atoms with Crippen LogP contribution in [0, 0.1) is 6.92 Å². The monoisotopic (exact) mass is 524 g/mol. The quantitative estimate of drug-likeness (QED) is 0.312. The van der Waals surface area contributed by atoms with E-state index >= 15 is 0 Å². The number of amides is 1. The van der Waals surface area contributed by atoms with E-state index in [1.807, 2.05) is 30.3 Å². The molecular formula is C31H32N4O4. The lowest BCUT2D eigenvalue weighted by Crippen LogP contribution is -2.43. The summed E-state index contributed by atoms with van der Waals surface area (Å²) in [6, 6.07) is 20.2. The summed E-state index contributed by atoms with van der Waals surface area (Å²) in [5, 5.41) is 24.7. The summed E-state index contributed by atoms with van der Waals surface area (Å²) in [6.07, 6.45) is 1.88. The van der Waals surface area contributed by atoms with Gasteiger partial charge >= 0.3 is 5.97 Å². The van der Waals surface area contributed by atoms with Crippen molar-refractivity contribution in [3.05, 3.63) is 94.5 Å². The predicted octanol–water partition coefficient (Wildman–Crippen LogP) is 4.88.